The van der Waals surface area contributed by atoms with Gasteiger partial charge in [0.15, 0.2) is 0 Å². The van der Waals surface area contributed by atoms with Crippen molar-refractivity contribution in [1.82, 2.24) is 5.01 Å². The van der Waals surface area contributed by atoms with Crippen LogP contribution in [0.15, 0.2) is 65.8 Å². The minimum absolute atomic E-state index is 0.189. The predicted octanol–water partition coefficient (Wildman–Crippen LogP) is 3.89. The summed E-state index contributed by atoms with van der Waals surface area (Å²) in [5.74, 6) is 0.189. The highest BCUT2D eigenvalue weighted by Crippen LogP contribution is 2.10. The molecule has 0 atom stereocenters. The molecule has 0 spiro atoms. The van der Waals surface area contributed by atoms with E-state index in [-0.39, 0.29) is 5.78 Å². The quantitative estimate of drug-likeness (QED) is 0.573. The van der Waals surface area contributed by atoms with Crippen LogP contribution >= 0.6 is 0 Å². The summed E-state index contributed by atoms with van der Waals surface area (Å²) < 4.78 is 0. The second-order valence-corrected chi connectivity index (χ2v) is 5.42. The fourth-order valence-corrected chi connectivity index (χ4v) is 2.27. The van der Waals surface area contributed by atoms with E-state index in [1.54, 1.807) is 6.92 Å². The van der Waals surface area contributed by atoms with Crippen molar-refractivity contribution >= 4 is 11.5 Å². The first-order valence-electron chi connectivity index (χ1n) is 7.52. The third-order valence-electron chi connectivity index (χ3n) is 3.37. The maximum atomic E-state index is 11.3. The summed E-state index contributed by atoms with van der Waals surface area (Å²) in [7, 11) is 1.96. The molecule has 0 bridgehead atoms. The lowest BCUT2D eigenvalue weighted by Gasteiger charge is -2.16. The Hall–Kier alpha value is -2.42. The standard InChI is InChI=1S/C19H22N2O/c1-16(22)13-14-19(18-11-7-4-8-12-18)20-21(2)15-17-9-5-3-6-10-17/h3-12H,13-15H2,1-2H3. The van der Waals surface area contributed by atoms with Gasteiger partial charge in [0.1, 0.15) is 5.78 Å². The summed E-state index contributed by atoms with van der Waals surface area (Å²) in [5, 5.41) is 6.64. The largest absolute Gasteiger partial charge is 0.300 e. The zero-order valence-electron chi connectivity index (χ0n) is 13.2. The smallest absolute Gasteiger partial charge is 0.130 e. The molecular weight excluding hydrogens is 272 g/mol. The van der Waals surface area contributed by atoms with Gasteiger partial charge in [-0.15, -0.1) is 0 Å². The lowest BCUT2D eigenvalue weighted by molar-refractivity contribution is -0.116. The molecule has 0 aromatic heterocycles. The number of benzene rings is 2. The van der Waals surface area contributed by atoms with Gasteiger partial charge in [-0.25, -0.2) is 0 Å². The molecule has 0 N–H and O–H groups in total. The van der Waals surface area contributed by atoms with Crippen molar-refractivity contribution in [2.75, 3.05) is 7.05 Å². The predicted molar refractivity (Wildman–Crippen MR) is 90.8 cm³/mol. The summed E-state index contributed by atoms with van der Waals surface area (Å²) in [4.78, 5) is 11.3. The molecule has 22 heavy (non-hydrogen) atoms. The zero-order chi connectivity index (χ0) is 15.8. The van der Waals surface area contributed by atoms with Crippen molar-refractivity contribution in [3.05, 3.63) is 71.8 Å². The molecular formula is C19H22N2O. The van der Waals surface area contributed by atoms with Crippen molar-refractivity contribution in [1.29, 1.82) is 0 Å². The topological polar surface area (TPSA) is 32.7 Å². The van der Waals surface area contributed by atoms with Gasteiger partial charge in [0, 0.05) is 13.5 Å². The van der Waals surface area contributed by atoms with Crippen LogP contribution < -0.4 is 0 Å². The van der Waals surface area contributed by atoms with Crippen molar-refractivity contribution < 1.29 is 4.79 Å². The molecule has 2 aromatic carbocycles. The summed E-state index contributed by atoms with van der Waals surface area (Å²) in [6.07, 6.45) is 1.19. The molecule has 3 heteroatoms. The molecule has 0 saturated heterocycles. The average molecular weight is 294 g/mol. The molecule has 0 aliphatic carbocycles. The number of rotatable bonds is 7. The van der Waals surface area contributed by atoms with Crippen LogP contribution in [0.3, 0.4) is 0 Å². The Bertz CT molecular complexity index is 620. The molecule has 0 fully saturated rings. The molecule has 114 valence electrons. The van der Waals surface area contributed by atoms with E-state index in [0.29, 0.717) is 12.8 Å². The van der Waals surface area contributed by atoms with Gasteiger partial charge in [0.2, 0.25) is 0 Å². The second kappa shape index (κ2) is 8.13. The van der Waals surface area contributed by atoms with E-state index < -0.39 is 0 Å². The highest BCUT2D eigenvalue weighted by atomic mass is 16.1. The number of carbonyl (C=O) groups excluding carboxylic acids is 1. The lowest BCUT2D eigenvalue weighted by Crippen LogP contribution is -2.15. The average Bonchev–Trinajstić information content (AvgIpc) is 2.53. The number of carbonyl (C=O) groups is 1. The third kappa shape index (κ3) is 5.17. The first kappa shape index (κ1) is 16.0. The Morgan fingerprint density at radius 3 is 2.14 bits per heavy atom. The monoisotopic (exact) mass is 294 g/mol. The highest BCUT2D eigenvalue weighted by molar-refractivity contribution is 6.01. The molecule has 0 amide bonds. The number of hydrogen-bond acceptors (Lipinski definition) is 3. The first-order valence-corrected chi connectivity index (χ1v) is 7.52. The fraction of sp³-hybridized carbons (Fsp3) is 0.263. The fourth-order valence-electron chi connectivity index (χ4n) is 2.27. The van der Waals surface area contributed by atoms with Crippen LogP contribution in [-0.4, -0.2) is 23.6 Å². The van der Waals surface area contributed by atoms with Gasteiger partial charge in [-0.05, 0) is 24.5 Å². The molecule has 2 aromatic rings. The van der Waals surface area contributed by atoms with Crippen LogP contribution in [0.2, 0.25) is 0 Å². The number of Topliss-reactive ketones (excluding diaryl/α,β-unsaturated/α-hetero) is 1. The lowest BCUT2D eigenvalue weighted by atomic mass is 10.0. The molecule has 0 unspecified atom stereocenters. The number of hydrazone groups is 1. The molecule has 0 heterocycles. The van der Waals surface area contributed by atoms with Gasteiger partial charge in [0.05, 0.1) is 12.3 Å². The Morgan fingerprint density at radius 1 is 0.955 bits per heavy atom. The van der Waals surface area contributed by atoms with Gasteiger partial charge in [-0.1, -0.05) is 60.7 Å². The SMILES string of the molecule is CC(=O)CCC(=NN(C)Cc1ccccc1)c1ccccc1. The van der Waals surface area contributed by atoms with E-state index in [0.717, 1.165) is 17.8 Å². The zero-order valence-corrected chi connectivity index (χ0v) is 13.2. The van der Waals surface area contributed by atoms with Gasteiger partial charge in [-0.3, -0.25) is 5.01 Å². The highest BCUT2D eigenvalue weighted by Gasteiger charge is 2.07. The van der Waals surface area contributed by atoms with Crippen LogP contribution in [0.4, 0.5) is 0 Å². The Kier molecular flexibility index (Phi) is 5.90. The molecule has 0 saturated carbocycles. The Balaban J connectivity index is 2.14. The van der Waals surface area contributed by atoms with Crippen LogP contribution in [0.25, 0.3) is 0 Å². The Morgan fingerprint density at radius 2 is 1.55 bits per heavy atom. The van der Waals surface area contributed by atoms with Crippen molar-refractivity contribution in [2.24, 2.45) is 5.10 Å². The van der Waals surface area contributed by atoms with Gasteiger partial charge < -0.3 is 4.79 Å². The van der Waals surface area contributed by atoms with Gasteiger partial charge in [-0.2, -0.15) is 5.10 Å². The number of hydrogen-bond donors (Lipinski definition) is 0. The first-order chi connectivity index (χ1) is 10.6. The van der Waals surface area contributed by atoms with E-state index in [9.17, 15) is 4.79 Å². The molecule has 0 aliphatic rings. The van der Waals surface area contributed by atoms with Crippen molar-refractivity contribution in [2.45, 2.75) is 26.3 Å². The molecule has 0 aliphatic heterocycles. The van der Waals surface area contributed by atoms with E-state index in [1.807, 2.05) is 60.6 Å². The third-order valence-corrected chi connectivity index (χ3v) is 3.37. The summed E-state index contributed by atoms with van der Waals surface area (Å²) in [6, 6.07) is 20.3. The van der Waals surface area contributed by atoms with Crippen LogP contribution in [0.5, 0.6) is 0 Å². The minimum Gasteiger partial charge on any atom is -0.300 e. The maximum absolute atomic E-state index is 11.3. The van der Waals surface area contributed by atoms with Crippen molar-refractivity contribution in [3.63, 3.8) is 0 Å². The van der Waals surface area contributed by atoms with Gasteiger partial charge >= 0.3 is 0 Å². The molecule has 3 nitrogen and oxygen atoms in total. The summed E-state index contributed by atoms with van der Waals surface area (Å²) in [6.45, 7) is 2.37. The van der Waals surface area contributed by atoms with Crippen molar-refractivity contribution in [3.8, 4) is 0 Å². The van der Waals surface area contributed by atoms with E-state index in [1.165, 1.54) is 5.56 Å². The molecule has 0 radical (unpaired) electrons. The van der Waals surface area contributed by atoms with Crippen LogP contribution in [0.1, 0.15) is 30.9 Å². The Labute approximate surface area is 132 Å². The number of ketones is 1. The normalized spacial score (nSPS) is 11.3. The van der Waals surface area contributed by atoms with Crippen LogP contribution in [0, 0.1) is 0 Å². The summed E-state index contributed by atoms with van der Waals surface area (Å²) >= 11 is 0. The second-order valence-electron chi connectivity index (χ2n) is 5.42. The minimum atomic E-state index is 0.189. The van der Waals surface area contributed by atoms with Gasteiger partial charge in [0.25, 0.3) is 0 Å². The number of nitrogens with zero attached hydrogens (tertiary/aromatic N) is 2. The summed E-state index contributed by atoms with van der Waals surface area (Å²) in [5.41, 5.74) is 3.24. The van der Waals surface area contributed by atoms with E-state index in [4.69, 9.17) is 5.10 Å². The van der Waals surface area contributed by atoms with E-state index in [2.05, 4.69) is 12.1 Å². The molecule has 2 rings (SSSR count). The maximum Gasteiger partial charge on any atom is 0.130 e. The van der Waals surface area contributed by atoms with Crippen LogP contribution in [-0.2, 0) is 11.3 Å². The van der Waals surface area contributed by atoms with E-state index >= 15 is 0 Å².